The minimum Gasteiger partial charge on any atom is -0.496 e. The van der Waals surface area contributed by atoms with Gasteiger partial charge in [-0.05, 0) is 25.5 Å². The summed E-state index contributed by atoms with van der Waals surface area (Å²) in [4.78, 5) is 7.90. The second kappa shape index (κ2) is 5.89. The normalized spacial score (nSPS) is 12.4. The molecule has 102 valence electrons. The Bertz CT molecular complexity index is 545. The van der Waals surface area contributed by atoms with Gasteiger partial charge in [0.05, 0.1) is 19.4 Å². The SMILES string of the molecule is CCC(CO)c1nc(-c2ccccc2OC)c(C)[nH]1. The number of aliphatic hydroxyl groups excluding tert-OH is 1. The molecule has 0 aliphatic rings. The number of nitrogens with one attached hydrogen (secondary N) is 1. The summed E-state index contributed by atoms with van der Waals surface area (Å²) >= 11 is 0. The van der Waals surface area contributed by atoms with Gasteiger partial charge in [-0.25, -0.2) is 4.98 Å². The van der Waals surface area contributed by atoms with E-state index in [0.717, 1.165) is 34.9 Å². The maximum Gasteiger partial charge on any atom is 0.128 e. The lowest BCUT2D eigenvalue weighted by Crippen LogP contribution is -2.04. The molecule has 19 heavy (non-hydrogen) atoms. The summed E-state index contributed by atoms with van der Waals surface area (Å²) in [6.07, 6.45) is 0.856. The van der Waals surface area contributed by atoms with Gasteiger partial charge >= 0.3 is 0 Å². The molecular formula is C15H20N2O2. The number of nitrogens with zero attached hydrogens (tertiary/aromatic N) is 1. The van der Waals surface area contributed by atoms with Crippen molar-refractivity contribution < 1.29 is 9.84 Å². The molecule has 4 heteroatoms. The van der Waals surface area contributed by atoms with E-state index in [1.807, 2.05) is 38.1 Å². The standard InChI is InChI=1S/C15H20N2O2/c1-4-11(9-18)15-16-10(2)14(17-15)12-7-5-6-8-13(12)19-3/h5-8,11,18H,4,9H2,1-3H3,(H,16,17). The zero-order valence-corrected chi connectivity index (χ0v) is 11.6. The third kappa shape index (κ3) is 2.63. The molecule has 0 spiro atoms. The van der Waals surface area contributed by atoms with Crippen molar-refractivity contribution in [1.29, 1.82) is 0 Å². The van der Waals surface area contributed by atoms with Crippen LogP contribution in [0.15, 0.2) is 24.3 Å². The molecule has 0 aliphatic heterocycles. The predicted molar refractivity (Wildman–Crippen MR) is 75.4 cm³/mol. The quantitative estimate of drug-likeness (QED) is 0.869. The second-order valence-corrected chi connectivity index (χ2v) is 4.58. The van der Waals surface area contributed by atoms with E-state index in [0.29, 0.717) is 0 Å². The molecule has 0 saturated carbocycles. The molecule has 1 aromatic heterocycles. The van der Waals surface area contributed by atoms with Crippen LogP contribution in [0.5, 0.6) is 5.75 Å². The van der Waals surface area contributed by atoms with Crippen LogP contribution in [0.3, 0.4) is 0 Å². The fourth-order valence-corrected chi connectivity index (χ4v) is 2.19. The van der Waals surface area contributed by atoms with Crippen LogP contribution in [-0.4, -0.2) is 28.8 Å². The maximum atomic E-state index is 9.37. The molecule has 1 unspecified atom stereocenters. The molecule has 1 heterocycles. The highest BCUT2D eigenvalue weighted by molar-refractivity contribution is 5.69. The molecule has 0 aliphatic carbocycles. The number of aromatic nitrogens is 2. The van der Waals surface area contributed by atoms with E-state index in [2.05, 4.69) is 9.97 Å². The second-order valence-electron chi connectivity index (χ2n) is 4.58. The first-order valence-corrected chi connectivity index (χ1v) is 6.52. The monoisotopic (exact) mass is 260 g/mol. The van der Waals surface area contributed by atoms with Crippen LogP contribution in [0.4, 0.5) is 0 Å². The number of aryl methyl sites for hydroxylation is 1. The van der Waals surface area contributed by atoms with Gasteiger partial charge in [0.15, 0.2) is 0 Å². The first kappa shape index (κ1) is 13.6. The summed E-state index contributed by atoms with van der Waals surface area (Å²) in [5, 5.41) is 9.37. The van der Waals surface area contributed by atoms with E-state index in [9.17, 15) is 5.11 Å². The molecule has 2 rings (SSSR count). The van der Waals surface area contributed by atoms with Crippen molar-refractivity contribution in [3.8, 4) is 17.0 Å². The van der Waals surface area contributed by atoms with Crippen molar-refractivity contribution in [3.05, 3.63) is 35.8 Å². The van der Waals surface area contributed by atoms with Gasteiger partial charge in [-0.3, -0.25) is 0 Å². The molecule has 1 atom stereocenters. The molecule has 0 saturated heterocycles. The minimum atomic E-state index is 0.0576. The molecule has 0 radical (unpaired) electrons. The molecule has 1 aromatic carbocycles. The largest absolute Gasteiger partial charge is 0.496 e. The van der Waals surface area contributed by atoms with Crippen molar-refractivity contribution in [3.63, 3.8) is 0 Å². The van der Waals surface area contributed by atoms with Crippen molar-refractivity contribution in [2.75, 3.05) is 13.7 Å². The summed E-state index contributed by atoms with van der Waals surface area (Å²) in [7, 11) is 1.66. The average Bonchev–Trinajstić information content (AvgIpc) is 2.82. The maximum absolute atomic E-state index is 9.37. The van der Waals surface area contributed by atoms with E-state index >= 15 is 0 Å². The van der Waals surface area contributed by atoms with Crippen LogP contribution in [0, 0.1) is 6.92 Å². The van der Waals surface area contributed by atoms with Gasteiger partial charge in [0.2, 0.25) is 0 Å². The highest BCUT2D eigenvalue weighted by Crippen LogP contribution is 2.31. The molecule has 2 aromatic rings. The van der Waals surface area contributed by atoms with E-state index in [1.165, 1.54) is 0 Å². The Morgan fingerprint density at radius 1 is 1.37 bits per heavy atom. The fraction of sp³-hybridized carbons (Fsp3) is 0.400. The Kier molecular flexibility index (Phi) is 4.22. The van der Waals surface area contributed by atoms with Gasteiger partial charge in [-0.15, -0.1) is 0 Å². The Hall–Kier alpha value is -1.81. The van der Waals surface area contributed by atoms with Gasteiger partial charge in [-0.1, -0.05) is 19.1 Å². The molecule has 0 fully saturated rings. The smallest absolute Gasteiger partial charge is 0.128 e. The third-order valence-corrected chi connectivity index (χ3v) is 3.37. The number of para-hydroxylation sites is 1. The Balaban J connectivity index is 2.45. The lowest BCUT2D eigenvalue weighted by atomic mass is 10.1. The number of aromatic amines is 1. The Morgan fingerprint density at radius 2 is 2.11 bits per heavy atom. The highest BCUT2D eigenvalue weighted by atomic mass is 16.5. The number of ether oxygens (including phenoxy) is 1. The van der Waals surface area contributed by atoms with Crippen LogP contribution >= 0.6 is 0 Å². The molecular weight excluding hydrogens is 240 g/mol. The number of hydrogen-bond donors (Lipinski definition) is 2. The van der Waals surface area contributed by atoms with E-state index in [-0.39, 0.29) is 12.5 Å². The third-order valence-electron chi connectivity index (χ3n) is 3.37. The van der Waals surface area contributed by atoms with Gasteiger partial charge in [0, 0.05) is 17.2 Å². The topological polar surface area (TPSA) is 58.1 Å². The fourth-order valence-electron chi connectivity index (χ4n) is 2.19. The zero-order chi connectivity index (χ0) is 13.8. The predicted octanol–water partition coefficient (Wildman–Crippen LogP) is 2.88. The molecule has 0 bridgehead atoms. The number of imidazole rings is 1. The van der Waals surface area contributed by atoms with Crippen LogP contribution < -0.4 is 4.74 Å². The van der Waals surface area contributed by atoms with E-state index in [1.54, 1.807) is 7.11 Å². The van der Waals surface area contributed by atoms with Crippen LogP contribution in [0.2, 0.25) is 0 Å². The zero-order valence-electron chi connectivity index (χ0n) is 11.6. The van der Waals surface area contributed by atoms with Gasteiger partial charge < -0.3 is 14.8 Å². The Morgan fingerprint density at radius 3 is 2.74 bits per heavy atom. The van der Waals surface area contributed by atoms with Gasteiger partial charge in [0.25, 0.3) is 0 Å². The number of rotatable bonds is 5. The van der Waals surface area contributed by atoms with E-state index in [4.69, 9.17) is 4.74 Å². The number of hydrogen-bond acceptors (Lipinski definition) is 3. The number of aliphatic hydroxyl groups is 1. The number of methoxy groups -OCH3 is 1. The Labute approximate surface area is 113 Å². The van der Waals surface area contributed by atoms with Crippen molar-refractivity contribution in [2.45, 2.75) is 26.2 Å². The first-order valence-electron chi connectivity index (χ1n) is 6.52. The van der Waals surface area contributed by atoms with Crippen LogP contribution in [0.25, 0.3) is 11.3 Å². The van der Waals surface area contributed by atoms with Crippen molar-refractivity contribution >= 4 is 0 Å². The summed E-state index contributed by atoms with van der Waals surface area (Å²) in [5.41, 5.74) is 2.85. The first-order chi connectivity index (χ1) is 9.21. The van der Waals surface area contributed by atoms with Crippen LogP contribution in [0.1, 0.15) is 30.8 Å². The van der Waals surface area contributed by atoms with Gasteiger partial charge in [-0.2, -0.15) is 0 Å². The molecule has 4 nitrogen and oxygen atoms in total. The summed E-state index contributed by atoms with van der Waals surface area (Å²) in [6, 6.07) is 7.82. The lowest BCUT2D eigenvalue weighted by molar-refractivity contribution is 0.258. The summed E-state index contributed by atoms with van der Waals surface area (Å²) in [5.74, 6) is 1.70. The summed E-state index contributed by atoms with van der Waals surface area (Å²) < 4.78 is 5.37. The molecule has 0 amide bonds. The number of benzene rings is 1. The lowest BCUT2D eigenvalue weighted by Gasteiger charge is -2.07. The highest BCUT2D eigenvalue weighted by Gasteiger charge is 2.17. The number of H-pyrrole nitrogens is 1. The van der Waals surface area contributed by atoms with Crippen molar-refractivity contribution in [2.24, 2.45) is 0 Å². The average molecular weight is 260 g/mol. The minimum absolute atomic E-state index is 0.0576. The van der Waals surface area contributed by atoms with E-state index < -0.39 is 0 Å². The van der Waals surface area contributed by atoms with Crippen molar-refractivity contribution in [1.82, 2.24) is 9.97 Å². The van der Waals surface area contributed by atoms with Gasteiger partial charge in [0.1, 0.15) is 11.6 Å². The molecule has 2 N–H and O–H groups in total. The summed E-state index contributed by atoms with van der Waals surface area (Å²) in [6.45, 7) is 4.14. The van der Waals surface area contributed by atoms with Crippen LogP contribution in [-0.2, 0) is 0 Å².